The van der Waals surface area contributed by atoms with Crippen LogP contribution in [0, 0.1) is 6.92 Å². The minimum atomic E-state index is -0.861. The third kappa shape index (κ3) is 4.14. The Morgan fingerprint density at radius 1 is 1.24 bits per heavy atom. The molecule has 0 radical (unpaired) electrons. The van der Waals surface area contributed by atoms with Crippen LogP contribution in [0.25, 0.3) is 0 Å². The molecule has 21 heavy (non-hydrogen) atoms. The average molecular weight is 322 g/mol. The van der Waals surface area contributed by atoms with Gasteiger partial charge in [-0.25, -0.2) is 5.43 Å². The lowest BCUT2D eigenvalue weighted by Gasteiger charge is -2.05. The number of aryl methyl sites for hydroxylation is 1. The Morgan fingerprint density at radius 2 is 2.00 bits per heavy atom. The molecule has 7 heteroatoms. The fourth-order valence-electron chi connectivity index (χ4n) is 1.46. The molecule has 0 saturated carbocycles. The SMILES string of the molecule is Cc1ccsc1/C=N/NC(=O)C(=O)Nc1ccccc1Cl. The number of hydrogen-bond donors (Lipinski definition) is 2. The lowest BCUT2D eigenvalue weighted by molar-refractivity contribution is -0.136. The number of thiophene rings is 1. The highest BCUT2D eigenvalue weighted by molar-refractivity contribution is 7.11. The van der Waals surface area contributed by atoms with Crippen LogP contribution in [0.5, 0.6) is 0 Å². The molecule has 0 saturated heterocycles. The molecule has 2 amide bonds. The van der Waals surface area contributed by atoms with Gasteiger partial charge in [-0.2, -0.15) is 5.10 Å². The van der Waals surface area contributed by atoms with E-state index in [9.17, 15) is 9.59 Å². The zero-order valence-electron chi connectivity index (χ0n) is 11.1. The van der Waals surface area contributed by atoms with Crippen molar-refractivity contribution in [1.82, 2.24) is 5.43 Å². The standard InChI is InChI=1S/C14H12ClN3O2S/c1-9-6-7-21-12(9)8-16-18-14(20)13(19)17-11-5-3-2-4-10(11)15/h2-8H,1H3,(H,17,19)(H,18,20)/b16-8+. The summed E-state index contributed by atoms with van der Waals surface area (Å²) >= 11 is 7.38. The van der Waals surface area contributed by atoms with Gasteiger partial charge in [-0.1, -0.05) is 23.7 Å². The van der Waals surface area contributed by atoms with E-state index in [1.807, 2.05) is 18.4 Å². The Bertz CT molecular complexity index is 697. The first kappa shape index (κ1) is 15.2. The van der Waals surface area contributed by atoms with Gasteiger partial charge >= 0.3 is 11.8 Å². The van der Waals surface area contributed by atoms with Gasteiger partial charge in [0.25, 0.3) is 0 Å². The van der Waals surface area contributed by atoms with Crippen LogP contribution in [0.4, 0.5) is 5.69 Å². The summed E-state index contributed by atoms with van der Waals surface area (Å²) in [6, 6.07) is 8.60. The van der Waals surface area contributed by atoms with Gasteiger partial charge in [-0.15, -0.1) is 11.3 Å². The van der Waals surface area contributed by atoms with Crippen molar-refractivity contribution in [3.05, 3.63) is 51.2 Å². The largest absolute Gasteiger partial charge is 0.329 e. The van der Waals surface area contributed by atoms with E-state index in [0.717, 1.165) is 10.4 Å². The lowest BCUT2D eigenvalue weighted by atomic mass is 10.3. The number of carbonyl (C=O) groups excluding carboxylic acids is 2. The molecule has 108 valence electrons. The minimum absolute atomic E-state index is 0.358. The Morgan fingerprint density at radius 3 is 2.67 bits per heavy atom. The number of halogens is 1. The fourth-order valence-corrected chi connectivity index (χ4v) is 2.43. The summed E-state index contributed by atoms with van der Waals surface area (Å²) in [7, 11) is 0. The van der Waals surface area contributed by atoms with Gasteiger partial charge in [0.05, 0.1) is 16.9 Å². The number of para-hydroxylation sites is 1. The summed E-state index contributed by atoms with van der Waals surface area (Å²) < 4.78 is 0. The number of carbonyl (C=O) groups is 2. The molecule has 0 aliphatic heterocycles. The number of nitrogens with zero attached hydrogens (tertiary/aromatic N) is 1. The van der Waals surface area contributed by atoms with E-state index in [1.54, 1.807) is 24.3 Å². The van der Waals surface area contributed by atoms with Gasteiger partial charge in [0.15, 0.2) is 0 Å². The zero-order valence-corrected chi connectivity index (χ0v) is 12.7. The highest BCUT2D eigenvalue weighted by Crippen LogP contribution is 2.20. The third-order valence-electron chi connectivity index (χ3n) is 2.58. The Hall–Kier alpha value is -2.18. The van der Waals surface area contributed by atoms with Crippen LogP contribution in [0.3, 0.4) is 0 Å². The molecular formula is C14H12ClN3O2S. The summed E-state index contributed by atoms with van der Waals surface area (Å²) in [5, 5.41) is 8.44. The van der Waals surface area contributed by atoms with Crippen LogP contribution in [-0.4, -0.2) is 18.0 Å². The molecular weight excluding hydrogens is 310 g/mol. The smallest absolute Gasteiger partial charge is 0.316 e. The van der Waals surface area contributed by atoms with Crippen molar-refractivity contribution >= 4 is 46.7 Å². The maximum Gasteiger partial charge on any atom is 0.329 e. The van der Waals surface area contributed by atoms with E-state index < -0.39 is 11.8 Å². The van der Waals surface area contributed by atoms with Crippen LogP contribution >= 0.6 is 22.9 Å². The Balaban J connectivity index is 1.92. The van der Waals surface area contributed by atoms with E-state index in [-0.39, 0.29) is 0 Å². The number of amides is 2. The van der Waals surface area contributed by atoms with Crippen molar-refractivity contribution in [1.29, 1.82) is 0 Å². The van der Waals surface area contributed by atoms with Gasteiger partial charge in [0.2, 0.25) is 0 Å². The van der Waals surface area contributed by atoms with Gasteiger partial charge in [0.1, 0.15) is 0 Å². The normalized spacial score (nSPS) is 10.6. The molecule has 1 aromatic heterocycles. The molecule has 1 aromatic carbocycles. The summed E-state index contributed by atoms with van der Waals surface area (Å²) in [5.74, 6) is -1.69. The van der Waals surface area contributed by atoms with Crippen LogP contribution in [0.15, 0.2) is 40.8 Å². The quantitative estimate of drug-likeness (QED) is 0.518. The fraction of sp³-hybridized carbons (Fsp3) is 0.0714. The minimum Gasteiger partial charge on any atom is -0.316 e. The number of anilines is 1. The van der Waals surface area contributed by atoms with E-state index in [0.29, 0.717) is 10.7 Å². The monoisotopic (exact) mass is 321 g/mol. The van der Waals surface area contributed by atoms with E-state index >= 15 is 0 Å². The lowest BCUT2D eigenvalue weighted by Crippen LogP contribution is -2.32. The third-order valence-corrected chi connectivity index (χ3v) is 3.86. The number of hydrogen-bond acceptors (Lipinski definition) is 4. The maximum absolute atomic E-state index is 11.7. The highest BCUT2D eigenvalue weighted by Gasteiger charge is 2.14. The molecule has 0 bridgehead atoms. The van der Waals surface area contributed by atoms with Gasteiger partial charge in [-0.05, 0) is 36.1 Å². The van der Waals surface area contributed by atoms with Gasteiger partial charge < -0.3 is 5.32 Å². The Kier molecular flexibility index (Phi) is 5.08. The molecule has 0 spiro atoms. The number of rotatable bonds is 3. The van der Waals surface area contributed by atoms with Crippen molar-refractivity contribution in [2.75, 3.05) is 5.32 Å². The molecule has 0 unspecified atom stereocenters. The molecule has 1 heterocycles. The summed E-state index contributed by atoms with van der Waals surface area (Å²) in [5.41, 5.74) is 3.60. The predicted octanol–water partition coefficient (Wildman–Crippen LogP) is 2.80. The van der Waals surface area contributed by atoms with Crippen molar-refractivity contribution in [2.45, 2.75) is 6.92 Å². The predicted molar refractivity (Wildman–Crippen MR) is 84.9 cm³/mol. The second kappa shape index (κ2) is 7.01. The van der Waals surface area contributed by atoms with E-state index in [2.05, 4.69) is 15.8 Å². The second-order valence-corrected chi connectivity index (χ2v) is 5.46. The number of benzene rings is 1. The second-order valence-electron chi connectivity index (χ2n) is 4.10. The summed E-state index contributed by atoms with van der Waals surface area (Å²) in [6.07, 6.45) is 1.50. The summed E-state index contributed by atoms with van der Waals surface area (Å²) in [6.45, 7) is 1.93. The molecule has 0 atom stereocenters. The van der Waals surface area contributed by atoms with Crippen LogP contribution in [-0.2, 0) is 9.59 Å². The van der Waals surface area contributed by atoms with E-state index in [1.165, 1.54) is 17.6 Å². The number of nitrogens with one attached hydrogen (secondary N) is 2. The molecule has 0 aliphatic rings. The molecule has 2 aromatic rings. The molecule has 2 rings (SSSR count). The van der Waals surface area contributed by atoms with Crippen LogP contribution in [0.1, 0.15) is 10.4 Å². The average Bonchev–Trinajstić information content (AvgIpc) is 2.87. The molecule has 2 N–H and O–H groups in total. The number of hydrazone groups is 1. The molecule has 0 aliphatic carbocycles. The first-order valence-electron chi connectivity index (χ1n) is 6.01. The van der Waals surface area contributed by atoms with Gasteiger partial charge in [-0.3, -0.25) is 9.59 Å². The van der Waals surface area contributed by atoms with Crippen LogP contribution < -0.4 is 10.7 Å². The Labute approximate surface area is 130 Å². The van der Waals surface area contributed by atoms with Crippen LogP contribution in [0.2, 0.25) is 5.02 Å². The van der Waals surface area contributed by atoms with Crippen molar-refractivity contribution in [2.24, 2.45) is 5.10 Å². The zero-order chi connectivity index (χ0) is 15.2. The highest BCUT2D eigenvalue weighted by atomic mass is 35.5. The first-order valence-corrected chi connectivity index (χ1v) is 7.26. The molecule has 5 nitrogen and oxygen atoms in total. The van der Waals surface area contributed by atoms with E-state index in [4.69, 9.17) is 11.6 Å². The first-order chi connectivity index (χ1) is 10.1. The van der Waals surface area contributed by atoms with Gasteiger partial charge in [0, 0.05) is 4.88 Å². The maximum atomic E-state index is 11.7. The van der Waals surface area contributed by atoms with Crippen molar-refractivity contribution in [3.8, 4) is 0 Å². The van der Waals surface area contributed by atoms with Crippen molar-refractivity contribution in [3.63, 3.8) is 0 Å². The summed E-state index contributed by atoms with van der Waals surface area (Å²) in [4.78, 5) is 24.2. The molecule has 0 fully saturated rings. The van der Waals surface area contributed by atoms with Crippen molar-refractivity contribution < 1.29 is 9.59 Å². The topological polar surface area (TPSA) is 70.6 Å².